The molecular formula is C17H22N6O2. The molecule has 25 heavy (non-hydrogen) atoms. The lowest BCUT2D eigenvalue weighted by molar-refractivity contribution is -0.125. The van der Waals surface area contributed by atoms with Crippen LogP contribution < -0.4 is 10.1 Å². The van der Waals surface area contributed by atoms with Gasteiger partial charge in [0.25, 0.3) is 0 Å². The Morgan fingerprint density at radius 2 is 2.20 bits per heavy atom. The molecule has 1 aliphatic heterocycles. The van der Waals surface area contributed by atoms with Crippen molar-refractivity contribution in [2.45, 2.75) is 45.2 Å². The Labute approximate surface area is 146 Å². The summed E-state index contributed by atoms with van der Waals surface area (Å²) in [5.41, 5.74) is 0.972. The summed E-state index contributed by atoms with van der Waals surface area (Å²) < 4.78 is 7.41. The van der Waals surface area contributed by atoms with Gasteiger partial charge in [-0.25, -0.2) is 9.67 Å². The van der Waals surface area contributed by atoms with E-state index in [1.54, 1.807) is 10.9 Å². The van der Waals surface area contributed by atoms with Gasteiger partial charge in [-0.1, -0.05) is 6.07 Å². The molecule has 4 rings (SSSR count). The molecule has 0 saturated heterocycles. The molecule has 132 valence electrons. The molecule has 1 amide bonds. The van der Waals surface area contributed by atoms with Gasteiger partial charge in [-0.05, 0) is 47.6 Å². The average Bonchev–Trinajstić information content (AvgIpc) is 3.41. The number of carbonyl (C=O) groups is 1. The molecule has 0 spiro atoms. The third-order valence-corrected chi connectivity index (χ3v) is 4.81. The molecule has 2 aromatic rings. The van der Waals surface area contributed by atoms with Crippen molar-refractivity contribution in [2.24, 2.45) is 11.8 Å². The van der Waals surface area contributed by atoms with Crippen molar-refractivity contribution in [2.75, 3.05) is 6.61 Å². The minimum absolute atomic E-state index is 0.0161. The van der Waals surface area contributed by atoms with Crippen LogP contribution >= 0.6 is 0 Å². The van der Waals surface area contributed by atoms with Crippen LogP contribution in [0.3, 0.4) is 0 Å². The maximum absolute atomic E-state index is 12.4. The van der Waals surface area contributed by atoms with Crippen LogP contribution in [-0.2, 0) is 24.3 Å². The number of hydrogen-bond acceptors (Lipinski definition) is 6. The number of aromatic nitrogens is 5. The third-order valence-electron chi connectivity index (χ3n) is 4.81. The first-order valence-corrected chi connectivity index (χ1v) is 8.88. The van der Waals surface area contributed by atoms with Gasteiger partial charge in [0.15, 0.2) is 5.82 Å². The number of amides is 1. The van der Waals surface area contributed by atoms with Crippen molar-refractivity contribution >= 4 is 5.91 Å². The number of aryl methyl sites for hydroxylation is 2. The summed E-state index contributed by atoms with van der Waals surface area (Å²) in [4.78, 5) is 16.7. The number of nitrogens with zero attached hydrogens (tertiary/aromatic N) is 5. The Morgan fingerprint density at radius 3 is 3.00 bits per heavy atom. The van der Waals surface area contributed by atoms with E-state index < -0.39 is 0 Å². The van der Waals surface area contributed by atoms with Gasteiger partial charge >= 0.3 is 0 Å². The summed E-state index contributed by atoms with van der Waals surface area (Å²) in [7, 11) is 0. The molecule has 3 heterocycles. The van der Waals surface area contributed by atoms with E-state index in [1.165, 1.54) is 12.8 Å². The van der Waals surface area contributed by atoms with Crippen molar-refractivity contribution in [3.8, 4) is 5.88 Å². The number of tetrazole rings is 1. The van der Waals surface area contributed by atoms with E-state index in [0.29, 0.717) is 24.9 Å². The molecule has 8 nitrogen and oxygen atoms in total. The maximum Gasteiger partial charge on any atom is 0.223 e. The normalized spacial score (nSPS) is 19.8. The summed E-state index contributed by atoms with van der Waals surface area (Å²) in [5.74, 6) is 2.29. The Morgan fingerprint density at radius 1 is 1.28 bits per heavy atom. The van der Waals surface area contributed by atoms with Crippen LogP contribution in [0.15, 0.2) is 18.3 Å². The van der Waals surface area contributed by atoms with E-state index in [2.05, 4.69) is 25.8 Å². The molecule has 1 saturated carbocycles. The van der Waals surface area contributed by atoms with Gasteiger partial charge in [-0.15, -0.1) is 5.10 Å². The molecule has 1 N–H and O–H groups in total. The van der Waals surface area contributed by atoms with E-state index in [-0.39, 0.29) is 11.8 Å². The Bertz CT molecular complexity index is 702. The molecule has 8 heteroatoms. The fourth-order valence-corrected chi connectivity index (χ4v) is 2.99. The topological polar surface area (TPSA) is 94.8 Å². The molecule has 1 atom stereocenters. The lowest BCUT2D eigenvalue weighted by atomic mass is 9.99. The van der Waals surface area contributed by atoms with Gasteiger partial charge in [0.2, 0.25) is 11.8 Å². The smallest absolute Gasteiger partial charge is 0.223 e. The summed E-state index contributed by atoms with van der Waals surface area (Å²) in [5, 5.41) is 14.6. The predicted molar refractivity (Wildman–Crippen MR) is 88.5 cm³/mol. The number of ether oxygens (including phenoxy) is 1. The Balaban J connectivity index is 1.24. The molecule has 1 fully saturated rings. The Kier molecular flexibility index (Phi) is 4.58. The lowest BCUT2D eigenvalue weighted by Crippen LogP contribution is -2.30. The summed E-state index contributed by atoms with van der Waals surface area (Å²) in [6, 6.07) is 3.82. The van der Waals surface area contributed by atoms with Gasteiger partial charge in [-0.3, -0.25) is 4.79 Å². The molecule has 1 unspecified atom stereocenters. The highest BCUT2D eigenvalue weighted by molar-refractivity contribution is 5.78. The van der Waals surface area contributed by atoms with Crippen LogP contribution in [0.25, 0.3) is 0 Å². The molecule has 1 aliphatic carbocycles. The van der Waals surface area contributed by atoms with Crippen LogP contribution in [0, 0.1) is 11.8 Å². The summed E-state index contributed by atoms with van der Waals surface area (Å²) in [6.45, 7) is 1.93. The number of hydrogen-bond donors (Lipinski definition) is 1. The van der Waals surface area contributed by atoms with E-state index in [1.807, 2.05) is 12.1 Å². The second-order valence-corrected chi connectivity index (χ2v) is 6.82. The number of fused-ring (bicyclic) bond motifs is 1. The highest BCUT2D eigenvalue weighted by Crippen LogP contribution is 2.29. The molecule has 2 aromatic heterocycles. The van der Waals surface area contributed by atoms with Crippen molar-refractivity contribution in [1.29, 1.82) is 0 Å². The highest BCUT2D eigenvalue weighted by atomic mass is 16.5. The zero-order chi connectivity index (χ0) is 17.1. The van der Waals surface area contributed by atoms with Gasteiger partial charge in [0.05, 0.1) is 6.61 Å². The van der Waals surface area contributed by atoms with Crippen LogP contribution in [0.1, 0.15) is 37.1 Å². The first-order valence-electron chi connectivity index (χ1n) is 8.88. The standard InChI is InChI=1S/C17H22N6O2/c24-17(14-4-5-15-20-21-22-23(15)8-7-14)19-10-13-3-6-16(18-9-13)25-11-12-1-2-12/h3,6,9,12,14H,1-2,4-5,7-8,10-11H2,(H,19,24). The number of rotatable bonds is 6. The first-order chi connectivity index (χ1) is 12.3. The van der Waals surface area contributed by atoms with Crippen LogP contribution in [0.5, 0.6) is 5.88 Å². The average molecular weight is 342 g/mol. The predicted octanol–water partition coefficient (Wildman–Crippen LogP) is 1.13. The lowest BCUT2D eigenvalue weighted by Gasteiger charge is -2.14. The molecular weight excluding hydrogens is 320 g/mol. The minimum atomic E-state index is -0.0161. The van der Waals surface area contributed by atoms with Crippen molar-refractivity contribution in [1.82, 2.24) is 30.5 Å². The second kappa shape index (κ2) is 7.16. The van der Waals surface area contributed by atoms with Crippen molar-refractivity contribution < 1.29 is 9.53 Å². The second-order valence-electron chi connectivity index (χ2n) is 6.82. The van der Waals surface area contributed by atoms with Gasteiger partial charge in [0.1, 0.15) is 0 Å². The summed E-state index contributed by atoms with van der Waals surface area (Å²) in [6.07, 6.45) is 6.56. The van der Waals surface area contributed by atoms with E-state index in [4.69, 9.17) is 4.74 Å². The van der Waals surface area contributed by atoms with Gasteiger partial charge in [-0.2, -0.15) is 0 Å². The molecule has 0 aromatic carbocycles. The Hall–Kier alpha value is -2.51. The zero-order valence-corrected chi connectivity index (χ0v) is 14.1. The van der Waals surface area contributed by atoms with E-state index in [9.17, 15) is 4.79 Å². The number of pyridine rings is 1. The van der Waals surface area contributed by atoms with Crippen LogP contribution in [0.4, 0.5) is 0 Å². The highest BCUT2D eigenvalue weighted by Gasteiger charge is 2.24. The fraction of sp³-hybridized carbons (Fsp3) is 0.588. The fourth-order valence-electron chi connectivity index (χ4n) is 2.99. The molecule has 0 radical (unpaired) electrons. The van der Waals surface area contributed by atoms with Crippen molar-refractivity contribution in [3.63, 3.8) is 0 Å². The van der Waals surface area contributed by atoms with Crippen LogP contribution in [0.2, 0.25) is 0 Å². The number of nitrogens with one attached hydrogen (secondary N) is 1. The van der Waals surface area contributed by atoms with E-state index in [0.717, 1.165) is 37.3 Å². The van der Waals surface area contributed by atoms with Crippen molar-refractivity contribution in [3.05, 3.63) is 29.7 Å². The third kappa shape index (κ3) is 4.12. The largest absolute Gasteiger partial charge is 0.477 e. The molecule has 2 aliphatic rings. The monoisotopic (exact) mass is 342 g/mol. The van der Waals surface area contributed by atoms with Gasteiger partial charge < -0.3 is 10.1 Å². The van der Waals surface area contributed by atoms with Gasteiger partial charge in [0, 0.05) is 37.7 Å². The zero-order valence-electron chi connectivity index (χ0n) is 14.1. The summed E-state index contributed by atoms with van der Waals surface area (Å²) >= 11 is 0. The minimum Gasteiger partial charge on any atom is -0.477 e. The SMILES string of the molecule is O=C(NCc1ccc(OCC2CC2)nc1)C1CCc2nnnn2CC1. The van der Waals surface area contributed by atoms with Crippen LogP contribution in [-0.4, -0.2) is 37.7 Å². The first kappa shape index (κ1) is 16.0. The van der Waals surface area contributed by atoms with E-state index >= 15 is 0 Å². The molecule has 0 bridgehead atoms. The maximum atomic E-state index is 12.4. The quantitative estimate of drug-likeness (QED) is 0.845. The number of carbonyl (C=O) groups excluding carboxylic acids is 1.